The summed E-state index contributed by atoms with van der Waals surface area (Å²) >= 11 is 0. The summed E-state index contributed by atoms with van der Waals surface area (Å²) in [6.45, 7) is 8.31. The summed E-state index contributed by atoms with van der Waals surface area (Å²) in [7, 11) is 1.26. The average molecular weight is 233 g/mol. The van der Waals surface area contributed by atoms with Gasteiger partial charge in [0.05, 0.1) is 12.1 Å². The molecular formula is C11H23NO2S. The van der Waals surface area contributed by atoms with Crippen LogP contribution in [0.1, 0.15) is 27.7 Å². The number of sulfone groups is 1. The highest BCUT2D eigenvalue weighted by molar-refractivity contribution is 7.91. The molecule has 2 atom stereocenters. The Morgan fingerprint density at radius 2 is 1.40 bits per heavy atom. The number of hydrogen-bond acceptors (Lipinski definition) is 2. The van der Waals surface area contributed by atoms with Crippen molar-refractivity contribution in [2.45, 2.75) is 39.8 Å². The van der Waals surface area contributed by atoms with E-state index in [2.05, 4.69) is 34.7 Å². The van der Waals surface area contributed by atoms with Gasteiger partial charge in [-0.25, -0.2) is 8.42 Å². The van der Waals surface area contributed by atoms with E-state index in [9.17, 15) is 8.42 Å². The molecule has 0 aromatic heterocycles. The average Bonchev–Trinajstić information content (AvgIpc) is 2.07. The fraction of sp³-hybridized carbons (Fsp3) is 0.909. The standard InChI is InChI=1S/C11H23NO2S/c1-8(2)10-6-15(13,14)7-11(9(3)4)12(10)5/h8-12H,5-7H2,1-4H3/t10-,11-/m0/s1. The largest absolute Gasteiger partial charge is 0.461 e. The molecule has 0 aromatic carbocycles. The Balaban J connectivity index is 2.94. The van der Waals surface area contributed by atoms with Crippen LogP contribution in [-0.4, -0.2) is 32.0 Å². The van der Waals surface area contributed by atoms with Gasteiger partial charge in [0.1, 0.15) is 11.5 Å². The molecule has 0 saturated carbocycles. The highest BCUT2D eigenvalue weighted by Crippen LogP contribution is 2.13. The minimum Gasteiger partial charge on any atom is -0.461 e. The highest BCUT2D eigenvalue weighted by atomic mass is 32.2. The molecule has 0 aromatic rings. The molecule has 1 aliphatic heterocycles. The predicted molar refractivity (Wildman–Crippen MR) is 62.2 cm³/mol. The first-order valence-electron chi connectivity index (χ1n) is 5.63. The Labute approximate surface area is 93.8 Å². The molecule has 90 valence electrons. The minimum atomic E-state index is -2.86. The van der Waals surface area contributed by atoms with E-state index in [0.717, 1.165) is 4.90 Å². The SMILES string of the molecule is [CH2-][NH+]1[C@H](C(C)C)CS(=O)(=O)C[C@H]1C(C)C. The van der Waals surface area contributed by atoms with Gasteiger partial charge in [-0.3, -0.25) is 0 Å². The minimum absolute atomic E-state index is 0.149. The lowest BCUT2D eigenvalue weighted by molar-refractivity contribution is -0.910. The summed E-state index contributed by atoms with van der Waals surface area (Å²) < 4.78 is 23.6. The van der Waals surface area contributed by atoms with Gasteiger partial charge in [0.25, 0.3) is 0 Å². The third-order valence-corrected chi connectivity index (χ3v) is 5.16. The van der Waals surface area contributed by atoms with E-state index in [0.29, 0.717) is 23.3 Å². The molecule has 1 saturated heterocycles. The number of rotatable bonds is 2. The van der Waals surface area contributed by atoms with Crippen LogP contribution in [0.4, 0.5) is 0 Å². The van der Waals surface area contributed by atoms with Gasteiger partial charge >= 0.3 is 0 Å². The van der Waals surface area contributed by atoms with Gasteiger partial charge in [0.15, 0.2) is 9.84 Å². The third-order valence-electron chi connectivity index (χ3n) is 3.43. The first kappa shape index (κ1) is 13.0. The first-order chi connectivity index (χ1) is 6.74. The molecule has 15 heavy (non-hydrogen) atoms. The van der Waals surface area contributed by atoms with Crippen LogP contribution in [0.3, 0.4) is 0 Å². The summed E-state index contributed by atoms with van der Waals surface area (Å²) in [4.78, 5) is 1.15. The topological polar surface area (TPSA) is 38.6 Å². The summed E-state index contributed by atoms with van der Waals surface area (Å²) in [5.74, 6) is 1.34. The van der Waals surface area contributed by atoms with Crippen molar-refractivity contribution in [1.82, 2.24) is 0 Å². The van der Waals surface area contributed by atoms with Crippen LogP contribution in [0.25, 0.3) is 0 Å². The van der Waals surface area contributed by atoms with Crippen molar-refractivity contribution < 1.29 is 13.3 Å². The molecule has 1 rings (SSSR count). The molecule has 0 amide bonds. The molecule has 3 nitrogen and oxygen atoms in total. The molecule has 1 fully saturated rings. The third kappa shape index (κ3) is 2.94. The Bertz CT molecular complexity index is 285. The van der Waals surface area contributed by atoms with Gasteiger partial charge in [-0.15, -0.1) is 0 Å². The van der Waals surface area contributed by atoms with Gasteiger partial charge in [-0.2, -0.15) is 7.05 Å². The fourth-order valence-corrected chi connectivity index (χ4v) is 4.77. The van der Waals surface area contributed by atoms with Gasteiger partial charge in [-0.05, 0) is 0 Å². The van der Waals surface area contributed by atoms with E-state index in [1.165, 1.54) is 0 Å². The van der Waals surface area contributed by atoms with E-state index >= 15 is 0 Å². The van der Waals surface area contributed by atoms with Crippen molar-refractivity contribution in [3.63, 3.8) is 0 Å². The molecule has 1 N–H and O–H groups in total. The fourth-order valence-electron chi connectivity index (χ4n) is 2.35. The van der Waals surface area contributed by atoms with Crippen LogP contribution < -0.4 is 4.90 Å². The van der Waals surface area contributed by atoms with Crippen LogP contribution in [-0.2, 0) is 9.84 Å². The van der Waals surface area contributed by atoms with Gasteiger partial charge in [-0.1, -0.05) is 27.7 Å². The molecule has 1 aliphatic rings. The molecular weight excluding hydrogens is 210 g/mol. The highest BCUT2D eigenvalue weighted by Gasteiger charge is 2.39. The molecule has 0 spiro atoms. The van der Waals surface area contributed by atoms with E-state index < -0.39 is 9.84 Å². The molecule has 0 bridgehead atoms. The number of quaternary nitrogens is 1. The lowest BCUT2D eigenvalue weighted by Crippen LogP contribution is -3.18. The number of hydrogen-bond donors (Lipinski definition) is 1. The Hall–Kier alpha value is -0.0900. The van der Waals surface area contributed by atoms with Crippen molar-refractivity contribution in [3.05, 3.63) is 7.05 Å². The number of nitrogens with one attached hydrogen (secondary N) is 1. The van der Waals surface area contributed by atoms with E-state index in [1.807, 2.05) is 0 Å². The quantitative estimate of drug-likeness (QED) is 0.689. The van der Waals surface area contributed by atoms with Crippen molar-refractivity contribution >= 4 is 9.84 Å². The second-order valence-electron chi connectivity index (χ2n) is 5.35. The van der Waals surface area contributed by atoms with Crippen LogP contribution in [0.5, 0.6) is 0 Å². The van der Waals surface area contributed by atoms with E-state index in [4.69, 9.17) is 0 Å². The maximum Gasteiger partial charge on any atom is 0.161 e. The monoisotopic (exact) mass is 233 g/mol. The van der Waals surface area contributed by atoms with Crippen LogP contribution >= 0.6 is 0 Å². The first-order valence-corrected chi connectivity index (χ1v) is 7.46. The lowest BCUT2D eigenvalue weighted by Gasteiger charge is -2.45. The van der Waals surface area contributed by atoms with Gasteiger partial charge in [0, 0.05) is 11.8 Å². The van der Waals surface area contributed by atoms with Gasteiger partial charge < -0.3 is 4.90 Å². The second-order valence-corrected chi connectivity index (χ2v) is 7.51. The van der Waals surface area contributed by atoms with E-state index in [1.54, 1.807) is 0 Å². The second kappa shape index (κ2) is 4.42. The van der Waals surface area contributed by atoms with Crippen LogP contribution in [0.2, 0.25) is 0 Å². The zero-order chi connectivity index (χ0) is 11.8. The van der Waals surface area contributed by atoms with Crippen LogP contribution in [0.15, 0.2) is 0 Å². The maximum absolute atomic E-state index is 11.8. The predicted octanol–water partition coefficient (Wildman–Crippen LogP) is 0.140. The van der Waals surface area contributed by atoms with Crippen molar-refractivity contribution in [2.75, 3.05) is 11.5 Å². The van der Waals surface area contributed by atoms with Crippen molar-refractivity contribution in [1.29, 1.82) is 0 Å². The summed E-state index contributed by atoms with van der Waals surface area (Å²) in [6.07, 6.45) is 0. The lowest BCUT2D eigenvalue weighted by atomic mass is 9.98. The van der Waals surface area contributed by atoms with Crippen molar-refractivity contribution in [2.24, 2.45) is 11.8 Å². The molecule has 4 heteroatoms. The van der Waals surface area contributed by atoms with Crippen LogP contribution in [0, 0.1) is 18.9 Å². The van der Waals surface area contributed by atoms with E-state index in [-0.39, 0.29) is 12.1 Å². The van der Waals surface area contributed by atoms with Gasteiger partial charge in [0.2, 0.25) is 0 Å². The van der Waals surface area contributed by atoms with Crippen molar-refractivity contribution in [3.8, 4) is 0 Å². The summed E-state index contributed by atoms with van der Waals surface area (Å²) in [6, 6.07) is 0.298. The summed E-state index contributed by atoms with van der Waals surface area (Å²) in [5.41, 5.74) is 0. The molecule has 0 radical (unpaired) electrons. The normalized spacial score (nSPS) is 36.1. The molecule has 1 heterocycles. The zero-order valence-electron chi connectivity index (χ0n) is 10.2. The Morgan fingerprint density at radius 3 is 1.67 bits per heavy atom. The summed E-state index contributed by atoms with van der Waals surface area (Å²) in [5, 5.41) is 0. The molecule has 0 unspecified atom stereocenters. The zero-order valence-corrected chi connectivity index (χ0v) is 11.0. The Morgan fingerprint density at radius 1 is 1.07 bits per heavy atom. The smallest absolute Gasteiger partial charge is 0.161 e. The molecule has 0 aliphatic carbocycles. The maximum atomic E-state index is 11.8. The Kier molecular flexibility index (Phi) is 3.82.